The van der Waals surface area contributed by atoms with Crippen LogP contribution in [0.25, 0.3) is 0 Å². The van der Waals surface area contributed by atoms with E-state index < -0.39 is 0 Å². The van der Waals surface area contributed by atoms with Gasteiger partial charge in [-0.25, -0.2) is 9.97 Å². The monoisotopic (exact) mass is 324 g/mol. The van der Waals surface area contributed by atoms with Crippen LogP contribution in [-0.2, 0) is 6.42 Å². The summed E-state index contributed by atoms with van der Waals surface area (Å²) < 4.78 is 0. The van der Waals surface area contributed by atoms with Crippen LogP contribution in [-0.4, -0.2) is 33.9 Å². The number of nitrogens with one attached hydrogen (secondary N) is 1. The van der Waals surface area contributed by atoms with E-state index >= 15 is 0 Å². The standard InChI is InChI=1S/C19H24N4O/c1-3-15-4-6-16(7-5-15)22-18-13-20-17(12-21-18)19(24)23-10-8-14(2)9-11-23/h4-7,12-14H,3,8-11H2,1-2H3,(H,21,22). The van der Waals surface area contributed by atoms with Crippen LogP contribution in [0.4, 0.5) is 11.5 Å². The van der Waals surface area contributed by atoms with Gasteiger partial charge in [-0.3, -0.25) is 4.79 Å². The van der Waals surface area contributed by atoms with E-state index in [0.29, 0.717) is 17.4 Å². The molecule has 1 N–H and O–H groups in total. The number of rotatable bonds is 4. The van der Waals surface area contributed by atoms with E-state index in [2.05, 4.69) is 41.3 Å². The second-order valence-electron chi connectivity index (χ2n) is 6.44. The van der Waals surface area contributed by atoms with Crippen molar-refractivity contribution in [2.75, 3.05) is 18.4 Å². The van der Waals surface area contributed by atoms with E-state index in [1.807, 2.05) is 17.0 Å². The summed E-state index contributed by atoms with van der Waals surface area (Å²) in [6.45, 7) is 5.98. The predicted octanol–water partition coefficient (Wildman–Crippen LogP) is 3.65. The minimum atomic E-state index is -0.0201. The first-order valence-electron chi connectivity index (χ1n) is 8.63. The third-order valence-electron chi connectivity index (χ3n) is 4.58. The summed E-state index contributed by atoms with van der Waals surface area (Å²) in [5, 5.41) is 3.21. The molecule has 1 saturated heterocycles. The van der Waals surface area contributed by atoms with E-state index in [1.165, 1.54) is 5.56 Å². The van der Waals surface area contributed by atoms with Gasteiger partial charge in [0.1, 0.15) is 11.5 Å². The van der Waals surface area contributed by atoms with Gasteiger partial charge in [-0.15, -0.1) is 0 Å². The summed E-state index contributed by atoms with van der Waals surface area (Å²) in [7, 11) is 0. The zero-order valence-electron chi connectivity index (χ0n) is 14.3. The molecule has 0 spiro atoms. The van der Waals surface area contributed by atoms with Crippen LogP contribution in [0, 0.1) is 5.92 Å². The largest absolute Gasteiger partial charge is 0.339 e. The first kappa shape index (κ1) is 16.4. The van der Waals surface area contributed by atoms with Crippen molar-refractivity contribution >= 4 is 17.4 Å². The lowest BCUT2D eigenvalue weighted by Gasteiger charge is -2.29. The van der Waals surface area contributed by atoms with Crippen LogP contribution in [0.5, 0.6) is 0 Å². The molecule has 0 saturated carbocycles. The van der Waals surface area contributed by atoms with Gasteiger partial charge in [-0.05, 0) is 42.9 Å². The van der Waals surface area contributed by atoms with Crippen LogP contribution >= 0.6 is 0 Å². The number of hydrogen-bond donors (Lipinski definition) is 1. The highest BCUT2D eigenvalue weighted by molar-refractivity contribution is 5.92. The maximum Gasteiger partial charge on any atom is 0.274 e. The van der Waals surface area contributed by atoms with E-state index in [-0.39, 0.29) is 5.91 Å². The van der Waals surface area contributed by atoms with E-state index in [4.69, 9.17) is 0 Å². The summed E-state index contributed by atoms with van der Waals surface area (Å²) in [5.74, 6) is 1.32. The zero-order valence-corrected chi connectivity index (χ0v) is 14.3. The van der Waals surface area contributed by atoms with Crippen LogP contribution in [0.2, 0.25) is 0 Å². The summed E-state index contributed by atoms with van der Waals surface area (Å²) in [4.78, 5) is 22.9. The summed E-state index contributed by atoms with van der Waals surface area (Å²) in [6, 6.07) is 8.22. The van der Waals surface area contributed by atoms with Gasteiger partial charge in [0.2, 0.25) is 0 Å². The summed E-state index contributed by atoms with van der Waals surface area (Å²) in [6.07, 6.45) is 6.32. The second-order valence-corrected chi connectivity index (χ2v) is 6.44. The number of amides is 1. The maximum absolute atomic E-state index is 12.4. The molecule has 2 heterocycles. The van der Waals surface area contributed by atoms with E-state index in [0.717, 1.165) is 38.0 Å². The topological polar surface area (TPSA) is 58.1 Å². The zero-order chi connectivity index (χ0) is 16.9. The van der Waals surface area contributed by atoms with Crippen LogP contribution < -0.4 is 5.32 Å². The smallest absolute Gasteiger partial charge is 0.274 e. The van der Waals surface area contributed by atoms with Crippen molar-refractivity contribution in [3.63, 3.8) is 0 Å². The number of piperidine rings is 1. The molecule has 1 amide bonds. The Bertz CT molecular complexity index is 674. The molecule has 5 nitrogen and oxygen atoms in total. The van der Waals surface area contributed by atoms with Crippen molar-refractivity contribution in [1.29, 1.82) is 0 Å². The van der Waals surface area contributed by atoms with Gasteiger partial charge in [0.25, 0.3) is 5.91 Å². The average molecular weight is 324 g/mol. The first-order chi connectivity index (χ1) is 11.7. The van der Waals surface area contributed by atoms with Gasteiger partial charge >= 0.3 is 0 Å². The highest BCUT2D eigenvalue weighted by atomic mass is 16.2. The number of anilines is 2. The quantitative estimate of drug-likeness (QED) is 0.932. The molecule has 0 aliphatic carbocycles. The molecule has 5 heteroatoms. The van der Waals surface area contributed by atoms with Gasteiger partial charge in [-0.1, -0.05) is 26.0 Å². The Morgan fingerprint density at radius 2 is 1.88 bits per heavy atom. The van der Waals surface area contributed by atoms with Crippen LogP contribution in [0.1, 0.15) is 42.7 Å². The third-order valence-corrected chi connectivity index (χ3v) is 4.58. The Hall–Kier alpha value is -2.43. The molecule has 3 rings (SSSR count). The van der Waals surface area contributed by atoms with Crippen molar-refractivity contribution in [3.8, 4) is 0 Å². The van der Waals surface area contributed by atoms with Gasteiger partial charge in [0.15, 0.2) is 0 Å². The minimum Gasteiger partial charge on any atom is -0.339 e. The SMILES string of the molecule is CCc1ccc(Nc2cnc(C(=O)N3CCC(C)CC3)cn2)cc1. The molecule has 126 valence electrons. The highest BCUT2D eigenvalue weighted by Crippen LogP contribution is 2.18. The molecule has 1 aromatic carbocycles. The Morgan fingerprint density at radius 1 is 1.17 bits per heavy atom. The highest BCUT2D eigenvalue weighted by Gasteiger charge is 2.22. The number of hydrogen-bond acceptors (Lipinski definition) is 4. The van der Waals surface area contributed by atoms with Gasteiger partial charge < -0.3 is 10.2 Å². The Kier molecular flexibility index (Phi) is 5.08. The van der Waals surface area contributed by atoms with E-state index in [9.17, 15) is 4.79 Å². The number of benzene rings is 1. The molecular formula is C19H24N4O. The third kappa shape index (κ3) is 3.91. The van der Waals surface area contributed by atoms with Crippen molar-refractivity contribution in [2.45, 2.75) is 33.1 Å². The average Bonchev–Trinajstić information content (AvgIpc) is 2.63. The predicted molar refractivity (Wildman–Crippen MR) is 95.4 cm³/mol. The number of carbonyl (C=O) groups is 1. The Labute approximate surface area is 143 Å². The molecule has 0 atom stereocenters. The van der Waals surface area contributed by atoms with Crippen molar-refractivity contribution < 1.29 is 4.79 Å². The molecule has 0 bridgehead atoms. The van der Waals surface area contributed by atoms with Crippen molar-refractivity contribution in [3.05, 3.63) is 47.9 Å². The van der Waals surface area contributed by atoms with Crippen molar-refractivity contribution in [1.82, 2.24) is 14.9 Å². The fourth-order valence-electron chi connectivity index (χ4n) is 2.85. The minimum absolute atomic E-state index is 0.0201. The number of aromatic nitrogens is 2. The lowest BCUT2D eigenvalue weighted by molar-refractivity contribution is 0.0691. The molecule has 2 aromatic rings. The molecule has 0 unspecified atom stereocenters. The fraction of sp³-hybridized carbons (Fsp3) is 0.421. The van der Waals surface area contributed by atoms with Crippen molar-refractivity contribution in [2.24, 2.45) is 5.92 Å². The summed E-state index contributed by atoms with van der Waals surface area (Å²) in [5.41, 5.74) is 2.67. The number of carbonyl (C=O) groups excluding carboxylic acids is 1. The number of likely N-dealkylation sites (tertiary alicyclic amines) is 1. The number of nitrogens with zero attached hydrogens (tertiary/aromatic N) is 3. The fourth-order valence-corrected chi connectivity index (χ4v) is 2.85. The molecule has 1 fully saturated rings. The normalized spacial score (nSPS) is 15.3. The Morgan fingerprint density at radius 3 is 2.46 bits per heavy atom. The number of aryl methyl sites for hydroxylation is 1. The van der Waals surface area contributed by atoms with Gasteiger partial charge in [0, 0.05) is 18.8 Å². The van der Waals surface area contributed by atoms with E-state index in [1.54, 1.807) is 12.4 Å². The Balaban J connectivity index is 1.63. The van der Waals surface area contributed by atoms with Crippen LogP contribution in [0.15, 0.2) is 36.7 Å². The van der Waals surface area contributed by atoms with Crippen LogP contribution in [0.3, 0.4) is 0 Å². The molecular weight excluding hydrogens is 300 g/mol. The second kappa shape index (κ2) is 7.43. The molecule has 1 aliphatic rings. The molecule has 1 aliphatic heterocycles. The molecule has 24 heavy (non-hydrogen) atoms. The molecule has 1 aromatic heterocycles. The van der Waals surface area contributed by atoms with Gasteiger partial charge in [-0.2, -0.15) is 0 Å². The maximum atomic E-state index is 12.4. The summed E-state index contributed by atoms with van der Waals surface area (Å²) >= 11 is 0. The lowest BCUT2D eigenvalue weighted by atomic mass is 9.99. The molecule has 0 radical (unpaired) electrons. The van der Waals surface area contributed by atoms with Gasteiger partial charge in [0.05, 0.1) is 12.4 Å². The lowest BCUT2D eigenvalue weighted by Crippen LogP contribution is -2.38. The first-order valence-corrected chi connectivity index (χ1v) is 8.63.